The van der Waals surface area contributed by atoms with Gasteiger partial charge in [0.15, 0.2) is 0 Å². The van der Waals surface area contributed by atoms with Gasteiger partial charge in [0.1, 0.15) is 0 Å². The average molecular weight is 1010 g/mol. The van der Waals surface area contributed by atoms with E-state index in [1.54, 1.807) is 0 Å². The van der Waals surface area contributed by atoms with Crippen molar-refractivity contribution in [1.82, 2.24) is 5.32 Å². The van der Waals surface area contributed by atoms with E-state index in [-0.39, 0.29) is 18.5 Å². The van der Waals surface area contributed by atoms with Gasteiger partial charge in [0.2, 0.25) is 5.91 Å². The number of rotatable bonds is 60. The molecule has 0 radical (unpaired) electrons. The fraction of sp³-hybridized carbons (Fsp3) is 0.879. The van der Waals surface area contributed by atoms with Crippen LogP contribution in [0.2, 0.25) is 0 Å². The Kier molecular flexibility index (Phi) is 60.0. The van der Waals surface area contributed by atoms with E-state index in [2.05, 4.69) is 55.6 Å². The fourth-order valence-corrected chi connectivity index (χ4v) is 9.96. The molecule has 0 spiro atoms. The number of aliphatic hydroxyl groups excluding tert-OH is 2. The molecule has 0 rings (SSSR count). The molecule has 2 atom stereocenters. The summed E-state index contributed by atoms with van der Waals surface area (Å²) in [5.41, 5.74) is 0. The Bertz CT molecular complexity index is 1170. The Morgan fingerprint density at radius 1 is 0.389 bits per heavy atom. The smallest absolute Gasteiger partial charge is 0.305 e. The van der Waals surface area contributed by atoms with E-state index < -0.39 is 12.1 Å². The molecule has 0 heterocycles. The molecule has 6 heteroatoms. The zero-order valence-corrected chi connectivity index (χ0v) is 48.4. The van der Waals surface area contributed by atoms with Gasteiger partial charge in [-0.2, -0.15) is 0 Å². The normalized spacial score (nSPS) is 12.8. The molecule has 0 aliphatic carbocycles. The molecule has 2 unspecified atom stereocenters. The SMILES string of the molecule is CCCCCCCCC/C=C\CCCCCCCC(=O)OCCCCCCCCCCC/C=C\C/C=C\CCCCCCCCCCCCCCCC(=O)NC(CO)C(O)CCCCCCCCCCCC. The first-order chi connectivity index (χ1) is 35.5. The summed E-state index contributed by atoms with van der Waals surface area (Å²) in [6, 6.07) is -0.541. The molecule has 0 aromatic carbocycles. The van der Waals surface area contributed by atoms with Crippen LogP contribution < -0.4 is 5.32 Å². The molecule has 6 nitrogen and oxygen atoms in total. The fourth-order valence-electron chi connectivity index (χ4n) is 9.96. The summed E-state index contributed by atoms with van der Waals surface area (Å²) in [7, 11) is 0. The van der Waals surface area contributed by atoms with E-state index in [9.17, 15) is 19.8 Å². The van der Waals surface area contributed by atoms with Gasteiger partial charge >= 0.3 is 5.97 Å². The molecular weight excluding hydrogens is 887 g/mol. The van der Waals surface area contributed by atoms with Gasteiger partial charge in [0.25, 0.3) is 0 Å². The number of carbonyl (C=O) groups is 2. The van der Waals surface area contributed by atoms with Crippen molar-refractivity contribution in [2.75, 3.05) is 13.2 Å². The Labute approximate surface area is 449 Å². The summed E-state index contributed by atoms with van der Waals surface area (Å²) in [6.07, 6.45) is 77.5. The minimum atomic E-state index is -0.663. The summed E-state index contributed by atoms with van der Waals surface area (Å²) < 4.78 is 5.48. The molecule has 0 aromatic heterocycles. The quantitative estimate of drug-likeness (QED) is 0.0320. The van der Waals surface area contributed by atoms with Gasteiger partial charge in [0, 0.05) is 12.8 Å². The highest BCUT2D eigenvalue weighted by atomic mass is 16.5. The summed E-state index contributed by atoms with van der Waals surface area (Å²) in [5, 5.41) is 23.2. The maximum atomic E-state index is 12.4. The first-order valence-corrected chi connectivity index (χ1v) is 32.2. The van der Waals surface area contributed by atoms with Gasteiger partial charge in [-0.05, 0) is 83.5 Å². The van der Waals surface area contributed by atoms with Gasteiger partial charge in [-0.1, -0.05) is 288 Å². The maximum absolute atomic E-state index is 12.4. The van der Waals surface area contributed by atoms with Crippen LogP contribution in [0.15, 0.2) is 36.5 Å². The Morgan fingerprint density at radius 3 is 1.07 bits per heavy atom. The lowest BCUT2D eigenvalue weighted by atomic mass is 10.0. The number of hydrogen-bond donors (Lipinski definition) is 3. The summed E-state index contributed by atoms with van der Waals surface area (Å²) in [5.74, 6) is -0.0323. The number of ether oxygens (including phenoxy) is 1. The summed E-state index contributed by atoms with van der Waals surface area (Å²) in [4.78, 5) is 24.5. The van der Waals surface area contributed by atoms with Crippen LogP contribution in [0.3, 0.4) is 0 Å². The van der Waals surface area contributed by atoms with Crippen LogP contribution in [0.1, 0.15) is 348 Å². The van der Waals surface area contributed by atoms with Gasteiger partial charge in [-0.15, -0.1) is 0 Å². The zero-order chi connectivity index (χ0) is 52.2. The van der Waals surface area contributed by atoms with E-state index in [1.165, 1.54) is 263 Å². The van der Waals surface area contributed by atoms with Crippen LogP contribution in [0.4, 0.5) is 0 Å². The molecule has 1 amide bonds. The Morgan fingerprint density at radius 2 is 0.694 bits per heavy atom. The standard InChI is InChI=1S/C66H125NO5/c1-3-5-7-9-11-13-15-16-17-34-37-40-44-48-52-56-60-66(71)72-61-57-53-49-45-41-38-35-32-30-28-26-24-22-20-18-19-21-23-25-27-29-31-33-36-39-43-47-51-55-59-65(70)67-63(62-68)64(69)58-54-50-46-42-14-12-10-8-6-4-2/h17-18,20,24,26,34,63-64,68-69H,3-16,19,21-23,25,27-33,35-62H2,1-2H3,(H,67,70)/b20-18-,26-24-,34-17-. The number of esters is 1. The van der Waals surface area contributed by atoms with Crippen molar-refractivity contribution in [3.8, 4) is 0 Å². The first-order valence-electron chi connectivity index (χ1n) is 32.2. The van der Waals surface area contributed by atoms with Crippen molar-refractivity contribution >= 4 is 11.9 Å². The van der Waals surface area contributed by atoms with Crippen molar-refractivity contribution in [3.05, 3.63) is 36.5 Å². The second kappa shape index (κ2) is 61.6. The second-order valence-electron chi connectivity index (χ2n) is 22.1. The monoisotopic (exact) mass is 1010 g/mol. The highest BCUT2D eigenvalue weighted by Crippen LogP contribution is 2.17. The third kappa shape index (κ3) is 57.4. The predicted octanol–water partition coefficient (Wildman–Crippen LogP) is 20.4. The van der Waals surface area contributed by atoms with Crippen LogP contribution in [0.5, 0.6) is 0 Å². The number of aliphatic hydroxyl groups is 2. The van der Waals surface area contributed by atoms with E-state index in [1.807, 2.05) is 0 Å². The highest BCUT2D eigenvalue weighted by Gasteiger charge is 2.20. The van der Waals surface area contributed by atoms with Crippen molar-refractivity contribution in [1.29, 1.82) is 0 Å². The number of carbonyl (C=O) groups excluding carboxylic acids is 2. The molecule has 424 valence electrons. The molecule has 0 saturated carbocycles. The van der Waals surface area contributed by atoms with E-state index >= 15 is 0 Å². The number of nitrogens with one attached hydrogen (secondary N) is 1. The molecule has 72 heavy (non-hydrogen) atoms. The van der Waals surface area contributed by atoms with Gasteiger partial charge in [-0.25, -0.2) is 0 Å². The van der Waals surface area contributed by atoms with Gasteiger partial charge in [-0.3, -0.25) is 9.59 Å². The van der Waals surface area contributed by atoms with Crippen molar-refractivity contribution in [3.63, 3.8) is 0 Å². The zero-order valence-electron chi connectivity index (χ0n) is 48.4. The number of amides is 1. The highest BCUT2D eigenvalue weighted by molar-refractivity contribution is 5.76. The van der Waals surface area contributed by atoms with Crippen LogP contribution in [0, 0.1) is 0 Å². The lowest BCUT2D eigenvalue weighted by Gasteiger charge is -2.22. The minimum Gasteiger partial charge on any atom is -0.466 e. The van der Waals surface area contributed by atoms with Crippen LogP contribution >= 0.6 is 0 Å². The largest absolute Gasteiger partial charge is 0.466 e. The Balaban J connectivity index is 3.38. The van der Waals surface area contributed by atoms with Crippen LogP contribution in [-0.4, -0.2) is 47.4 Å². The van der Waals surface area contributed by atoms with Gasteiger partial charge < -0.3 is 20.3 Å². The molecule has 0 aliphatic heterocycles. The Hall–Kier alpha value is -1.92. The average Bonchev–Trinajstić information content (AvgIpc) is 3.38. The number of allylic oxidation sites excluding steroid dienone is 6. The molecular formula is C66H125NO5. The van der Waals surface area contributed by atoms with Crippen molar-refractivity contribution in [2.45, 2.75) is 360 Å². The number of hydrogen-bond acceptors (Lipinski definition) is 5. The predicted molar refractivity (Wildman–Crippen MR) is 315 cm³/mol. The van der Waals surface area contributed by atoms with Crippen molar-refractivity contribution < 1.29 is 24.5 Å². The molecule has 0 aliphatic rings. The van der Waals surface area contributed by atoms with E-state index in [4.69, 9.17) is 4.74 Å². The maximum Gasteiger partial charge on any atom is 0.305 e. The molecule has 0 aromatic rings. The van der Waals surface area contributed by atoms with Crippen LogP contribution in [-0.2, 0) is 14.3 Å². The summed E-state index contributed by atoms with van der Waals surface area (Å²) in [6.45, 7) is 4.94. The molecule has 0 bridgehead atoms. The molecule has 3 N–H and O–H groups in total. The molecule has 0 fully saturated rings. The second-order valence-corrected chi connectivity index (χ2v) is 22.1. The third-order valence-electron chi connectivity index (χ3n) is 14.9. The lowest BCUT2D eigenvalue weighted by Crippen LogP contribution is -2.45. The third-order valence-corrected chi connectivity index (χ3v) is 14.9. The van der Waals surface area contributed by atoms with Crippen molar-refractivity contribution in [2.24, 2.45) is 0 Å². The lowest BCUT2D eigenvalue weighted by molar-refractivity contribution is -0.143. The van der Waals surface area contributed by atoms with Crippen LogP contribution in [0.25, 0.3) is 0 Å². The summed E-state index contributed by atoms with van der Waals surface area (Å²) >= 11 is 0. The van der Waals surface area contributed by atoms with E-state index in [0.717, 1.165) is 51.4 Å². The van der Waals surface area contributed by atoms with Gasteiger partial charge in [0.05, 0.1) is 25.4 Å². The number of unbranched alkanes of at least 4 members (excludes halogenated alkanes) is 43. The topological polar surface area (TPSA) is 95.9 Å². The van der Waals surface area contributed by atoms with E-state index in [0.29, 0.717) is 25.9 Å². The first kappa shape index (κ1) is 70.1. The minimum absolute atomic E-state index is 0.00464. The molecule has 0 saturated heterocycles.